The lowest BCUT2D eigenvalue weighted by Crippen LogP contribution is -2.30. The molecule has 20 heavy (non-hydrogen) atoms. The lowest BCUT2D eigenvalue weighted by molar-refractivity contribution is 0.0777. The van der Waals surface area contributed by atoms with E-state index in [-0.39, 0.29) is 16.8 Å². The molecule has 1 aromatic heterocycles. The number of aromatic nitrogens is 1. The van der Waals surface area contributed by atoms with Gasteiger partial charge in [0.15, 0.2) is 0 Å². The molecule has 1 amide bonds. The van der Waals surface area contributed by atoms with E-state index in [1.165, 1.54) is 12.3 Å². The van der Waals surface area contributed by atoms with Gasteiger partial charge in [-0.2, -0.15) is 0 Å². The molecule has 2 heterocycles. The van der Waals surface area contributed by atoms with Gasteiger partial charge in [-0.3, -0.25) is 4.79 Å². The van der Waals surface area contributed by atoms with E-state index in [9.17, 15) is 13.2 Å². The van der Waals surface area contributed by atoms with Crippen molar-refractivity contribution < 1.29 is 13.2 Å². The molecule has 0 spiro atoms. The zero-order valence-electron chi connectivity index (χ0n) is 11.4. The highest BCUT2D eigenvalue weighted by Crippen LogP contribution is 2.37. The summed E-state index contributed by atoms with van der Waals surface area (Å²) in [6, 6.07) is 1.66. The van der Waals surface area contributed by atoms with Gasteiger partial charge in [0.05, 0.1) is 0 Å². The van der Waals surface area contributed by atoms with Gasteiger partial charge in [0.25, 0.3) is 5.91 Å². The number of likely N-dealkylation sites (tertiary alicyclic amines) is 1. The van der Waals surface area contributed by atoms with Gasteiger partial charge in [0.1, 0.15) is 10.6 Å². The molecule has 1 unspecified atom stereocenters. The number of hydrogen-bond donors (Lipinski definition) is 1. The van der Waals surface area contributed by atoms with Crippen LogP contribution in [0.5, 0.6) is 0 Å². The van der Waals surface area contributed by atoms with Gasteiger partial charge in [0, 0.05) is 25.3 Å². The fourth-order valence-electron chi connectivity index (χ4n) is 2.72. The lowest BCUT2D eigenvalue weighted by atomic mass is 10.2. The van der Waals surface area contributed by atoms with E-state index < -0.39 is 10.0 Å². The average Bonchev–Trinajstić information content (AvgIpc) is 2.95. The van der Waals surface area contributed by atoms with Crippen molar-refractivity contribution in [3.8, 4) is 0 Å². The van der Waals surface area contributed by atoms with Crippen LogP contribution in [0.4, 0.5) is 0 Å². The summed E-state index contributed by atoms with van der Waals surface area (Å²) in [7, 11) is -3.77. The highest BCUT2D eigenvalue weighted by molar-refractivity contribution is 7.89. The molecule has 2 N–H and O–H groups in total. The maximum absolute atomic E-state index is 12.6. The predicted molar refractivity (Wildman–Crippen MR) is 73.8 cm³/mol. The summed E-state index contributed by atoms with van der Waals surface area (Å²) in [5.74, 6) is 0.414. The SMILES string of the molecule is CC1CCN(C(=O)c2cc(S(N)(=O)=O)cn2C2CC2)C1. The van der Waals surface area contributed by atoms with Gasteiger partial charge in [-0.15, -0.1) is 0 Å². The van der Waals surface area contributed by atoms with Crippen LogP contribution in [0.3, 0.4) is 0 Å². The topological polar surface area (TPSA) is 85.4 Å². The molecule has 0 aromatic carbocycles. The Morgan fingerprint density at radius 2 is 2.05 bits per heavy atom. The fraction of sp³-hybridized carbons (Fsp3) is 0.615. The summed E-state index contributed by atoms with van der Waals surface area (Å²) in [6.07, 6.45) is 4.46. The van der Waals surface area contributed by atoms with E-state index in [2.05, 4.69) is 6.92 Å². The van der Waals surface area contributed by atoms with Crippen molar-refractivity contribution in [1.82, 2.24) is 9.47 Å². The Morgan fingerprint density at radius 3 is 2.55 bits per heavy atom. The Bertz CT molecular complexity index is 646. The molecule has 0 radical (unpaired) electrons. The average molecular weight is 297 g/mol. The Morgan fingerprint density at radius 1 is 1.35 bits per heavy atom. The summed E-state index contributed by atoms with van der Waals surface area (Å²) in [6.45, 7) is 3.59. The number of rotatable bonds is 3. The molecule has 3 rings (SSSR count). The van der Waals surface area contributed by atoms with Crippen LogP contribution in [-0.2, 0) is 10.0 Å². The number of hydrogen-bond acceptors (Lipinski definition) is 3. The Kier molecular flexibility index (Phi) is 3.13. The van der Waals surface area contributed by atoms with Gasteiger partial charge in [-0.25, -0.2) is 13.6 Å². The van der Waals surface area contributed by atoms with Crippen molar-refractivity contribution in [2.75, 3.05) is 13.1 Å². The van der Waals surface area contributed by atoms with Gasteiger partial charge >= 0.3 is 0 Å². The van der Waals surface area contributed by atoms with Crippen molar-refractivity contribution in [2.24, 2.45) is 11.1 Å². The minimum Gasteiger partial charge on any atom is -0.339 e. The van der Waals surface area contributed by atoms with E-state index in [1.54, 1.807) is 9.47 Å². The second kappa shape index (κ2) is 4.60. The third-order valence-corrected chi connectivity index (χ3v) is 4.90. The second-order valence-electron chi connectivity index (χ2n) is 5.89. The number of nitrogens with zero attached hydrogens (tertiary/aromatic N) is 2. The standard InChI is InChI=1S/C13H19N3O3S/c1-9-4-5-15(7-9)13(17)12-6-11(20(14,18)19)8-16(12)10-2-3-10/h6,8-10H,2-5,7H2,1H3,(H2,14,18,19). The van der Waals surface area contributed by atoms with E-state index >= 15 is 0 Å². The normalized spacial score (nSPS) is 23.3. The molecule has 0 bridgehead atoms. The van der Waals surface area contributed by atoms with Crippen LogP contribution in [0.15, 0.2) is 17.2 Å². The maximum Gasteiger partial charge on any atom is 0.270 e. The first kappa shape index (κ1) is 13.6. The van der Waals surface area contributed by atoms with Crippen LogP contribution in [0.25, 0.3) is 0 Å². The molecular formula is C13H19N3O3S. The molecular weight excluding hydrogens is 278 g/mol. The summed E-state index contributed by atoms with van der Waals surface area (Å²) < 4.78 is 24.7. The van der Waals surface area contributed by atoms with Crippen LogP contribution in [0.2, 0.25) is 0 Å². The number of sulfonamides is 1. The van der Waals surface area contributed by atoms with Crippen LogP contribution in [0.1, 0.15) is 42.7 Å². The number of amides is 1. The van der Waals surface area contributed by atoms with Gasteiger partial charge in [-0.05, 0) is 31.2 Å². The first-order valence-corrected chi connectivity index (χ1v) is 8.45. The summed E-state index contributed by atoms with van der Waals surface area (Å²) in [5.41, 5.74) is 0.450. The minimum atomic E-state index is -3.77. The third kappa shape index (κ3) is 2.47. The summed E-state index contributed by atoms with van der Waals surface area (Å²) >= 11 is 0. The highest BCUT2D eigenvalue weighted by atomic mass is 32.2. The summed E-state index contributed by atoms with van der Waals surface area (Å²) in [5, 5.41) is 5.17. The molecule has 2 fully saturated rings. The highest BCUT2D eigenvalue weighted by Gasteiger charge is 2.32. The molecule has 110 valence electrons. The van der Waals surface area contributed by atoms with Crippen LogP contribution < -0.4 is 5.14 Å². The van der Waals surface area contributed by atoms with E-state index in [0.29, 0.717) is 11.6 Å². The molecule has 1 aromatic rings. The second-order valence-corrected chi connectivity index (χ2v) is 7.45. The Hall–Kier alpha value is -1.34. The van der Waals surface area contributed by atoms with Gasteiger partial charge in [-0.1, -0.05) is 6.92 Å². The molecule has 1 saturated carbocycles. The smallest absolute Gasteiger partial charge is 0.270 e. The first-order chi connectivity index (χ1) is 9.36. The Balaban J connectivity index is 1.95. The molecule has 1 atom stereocenters. The molecule has 6 nitrogen and oxygen atoms in total. The van der Waals surface area contributed by atoms with Crippen molar-refractivity contribution in [3.63, 3.8) is 0 Å². The largest absolute Gasteiger partial charge is 0.339 e. The zero-order chi connectivity index (χ0) is 14.5. The predicted octanol–water partition coefficient (Wildman–Crippen LogP) is 0.952. The molecule has 2 aliphatic rings. The van der Waals surface area contributed by atoms with Crippen molar-refractivity contribution in [1.29, 1.82) is 0 Å². The maximum atomic E-state index is 12.6. The molecule has 1 saturated heterocycles. The van der Waals surface area contributed by atoms with Gasteiger partial charge < -0.3 is 9.47 Å². The van der Waals surface area contributed by atoms with E-state index in [0.717, 1.165) is 32.4 Å². The zero-order valence-corrected chi connectivity index (χ0v) is 12.3. The number of primary sulfonamides is 1. The first-order valence-electron chi connectivity index (χ1n) is 6.90. The van der Waals surface area contributed by atoms with Crippen molar-refractivity contribution in [2.45, 2.75) is 37.1 Å². The number of nitrogens with two attached hydrogens (primary N) is 1. The van der Waals surface area contributed by atoms with E-state index in [4.69, 9.17) is 5.14 Å². The monoisotopic (exact) mass is 297 g/mol. The van der Waals surface area contributed by atoms with E-state index in [1.807, 2.05) is 0 Å². The van der Waals surface area contributed by atoms with Crippen molar-refractivity contribution in [3.05, 3.63) is 18.0 Å². The number of carbonyl (C=O) groups excluding carboxylic acids is 1. The quantitative estimate of drug-likeness (QED) is 0.901. The van der Waals surface area contributed by atoms with Gasteiger partial charge in [0.2, 0.25) is 10.0 Å². The minimum absolute atomic E-state index is 0.0278. The lowest BCUT2D eigenvalue weighted by Gasteiger charge is -2.17. The van der Waals surface area contributed by atoms with Crippen LogP contribution in [0, 0.1) is 5.92 Å². The molecule has 1 aliphatic heterocycles. The van der Waals surface area contributed by atoms with Crippen LogP contribution >= 0.6 is 0 Å². The molecule has 1 aliphatic carbocycles. The number of carbonyl (C=O) groups is 1. The molecule has 7 heteroatoms. The fourth-order valence-corrected chi connectivity index (χ4v) is 3.25. The van der Waals surface area contributed by atoms with Crippen LogP contribution in [-0.4, -0.2) is 36.9 Å². The Labute approximate surface area is 118 Å². The third-order valence-electron chi connectivity index (χ3n) is 4.02. The van der Waals surface area contributed by atoms with Crippen molar-refractivity contribution >= 4 is 15.9 Å². The summed E-state index contributed by atoms with van der Waals surface area (Å²) in [4.78, 5) is 14.4.